The molecule has 1 amide bonds. The number of rotatable bonds is 3. The molecule has 3 heterocycles. The molecule has 1 aliphatic rings. The van der Waals surface area contributed by atoms with Crippen LogP contribution in [0.25, 0.3) is 0 Å². The quantitative estimate of drug-likeness (QED) is 0.899. The van der Waals surface area contributed by atoms with Gasteiger partial charge in [-0.25, -0.2) is 9.97 Å². The molecule has 1 aliphatic heterocycles. The van der Waals surface area contributed by atoms with Gasteiger partial charge in [-0.05, 0) is 25.0 Å². The van der Waals surface area contributed by atoms with Gasteiger partial charge in [-0.2, -0.15) is 13.2 Å². The molecular formula is C15H16F3N5O. The molecule has 6 nitrogen and oxygen atoms in total. The second-order valence-corrected chi connectivity index (χ2v) is 5.58. The van der Waals surface area contributed by atoms with Gasteiger partial charge in [0.2, 0.25) is 0 Å². The highest BCUT2D eigenvalue weighted by Crippen LogP contribution is 2.29. The van der Waals surface area contributed by atoms with E-state index in [1.54, 1.807) is 23.2 Å². The Morgan fingerprint density at radius 1 is 1.29 bits per heavy atom. The van der Waals surface area contributed by atoms with Crippen LogP contribution in [0, 0.1) is 0 Å². The Bertz CT molecular complexity index is 693. The normalized spacial score (nSPS) is 16.2. The maximum Gasteiger partial charge on any atom is 0.433 e. The highest BCUT2D eigenvalue weighted by Gasteiger charge is 2.33. The van der Waals surface area contributed by atoms with E-state index in [0.717, 1.165) is 12.4 Å². The number of hydrogen-bond donors (Lipinski definition) is 2. The Labute approximate surface area is 136 Å². The molecule has 1 saturated heterocycles. The number of anilines is 1. The van der Waals surface area contributed by atoms with Gasteiger partial charge in [0.05, 0.1) is 0 Å². The smallest absolute Gasteiger partial charge is 0.357 e. The fourth-order valence-corrected chi connectivity index (χ4v) is 2.66. The number of aromatic nitrogens is 3. The maximum absolute atomic E-state index is 12.7. The largest absolute Gasteiger partial charge is 0.433 e. The van der Waals surface area contributed by atoms with Crippen molar-refractivity contribution in [3.05, 3.63) is 42.1 Å². The third-order valence-electron chi connectivity index (χ3n) is 3.94. The van der Waals surface area contributed by atoms with Gasteiger partial charge >= 0.3 is 6.18 Å². The highest BCUT2D eigenvalue weighted by molar-refractivity contribution is 5.92. The Balaban J connectivity index is 1.58. The molecule has 0 unspecified atom stereocenters. The van der Waals surface area contributed by atoms with Gasteiger partial charge in [-0.3, -0.25) is 4.79 Å². The van der Waals surface area contributed by atoms with Crippen molar-refractivity contribution in [3.8, 4) is 0 Å². The molecule has 128 valence electrons. The zero-order chi connectivity index (χ0) is 17.2. The molecule has 0 saturated carbocycles. The molecule has 0 aliphatic carbocycles. The first-order valence-corrected chi connectivity index (χ1v) is 7.52. The number of nitrogens with zero attached hydrogens (tertiary/aromatic N) is 3. The van der Waals surface area contributed by atoms with Crippen molar-refractivity contribution in [1.82, 2.24) is 20.3 Å². The van der Waals surface area contributed by atoms with Crippen molar-refractivity contribution in [2.45, 2.75) is 25.1 Å². The Kier molecular flexibility index (Phi) is 4.41. The molecule has 9 heteroatoms. The van der Waals surface area contributed by atoms with Gasteiger partial charge in [0.25, 0.3) is 5.91 Å². The monoisotopic (exact) mass is 339 g/mol. The van der Waals surface area contributed by atoms with E-state index in [1.807, 2.05) is 0 Å². The molecule has 0 atom stereocenters. The third-order valence-corrected chi connectivity index (χ3v) is 3.94. The number of nitrogens with one attached hydrogen (secondary N) is 2. The second-order valence-electron chi connectivity index (χ2n) is 5.58. The van der Waals surface area contributed by atoms with Crippen molar-refractivity contribution in [3.63, 3.8) is 0 Å². The summed E-state index contributed by atoms with van der Waals surface area (Å²) in [6.45, 7) is 1.04. The zero-order valence-corrected chi connectivity index (χ0v) is 12.7. The number of halogens is 3. The second kappa shape index (κ2) is 6.50. The van der Waals surface area contributed by atoms with Crippen LogP contribution in [-0.2, 0) is 6.18 Å². The number of carbonyl (C=O) groups is 1. The molecule has 0 aromatic carbocycles. The van der Waals surface area contributed by atoms with Crippen LogP contribution >= 0.6 is 0 Å². The Morgan fingerprint density at radius 2 is 2.04 bits per heavy atom. The van der Waals surface area contributed by atoms with Crippen LogP contribution in [0.15, 0.2) is 30.7 Å². The molecule has 1 fully saturated rings. The summed E-state index contributed by atoms with van der Waals surface area (Å²) in [5.41, 5.74) is -0.460. The predicted octanol–water partition coefficient (Wildman–Crippen LogP) is 2.22. The molecular weight excluding hydrogens is 323 g/mol. The lowest BCUT2D eigenvalue weighted by Gasteiger charge is -2.33. The van der Waals surface area contributed by atoms with Crippen LogP contribution in [0.1, 0.15) is 29.0 Å². The maximum atomic E-state index is 12.7. The van der Waals surface area contributed by atoms with E-state index in [-0.39, 0.29) is 17.8 Å². The molecule has 2 aromatic rings. The lowest BCUT2D eigenvalue weighted by atomic mass is 10.0. The summed E-state index contributed by atoms with van der Waals surface area (Å²) in [7, 11) is 0. The highest BCUT2D eigenvalue weighted by atomic mass is 19.4. The van der Waals surface area contributed by atoms with Gasteiger partial charge in [-0.15, -0.1) is 0 Å². The number of carbonyl (C=O) groups excluding carboxylic acids is 1. The zero-order valence-electron chi connectivity index (χ0n) is 12.7. The fourth-order valence-electron chi connectivity index (χ4n) is 2.66. The molecule has 0 bridgehead atoms. The predicted molar refractivity (Wildman–Crippen MR) is 80.5 cm³/mol. The van der Waals surface area contributed by atoms with Gasteiger partial charge in [0, 0.05) is 31.4 Å². The summed E-state index contributed by atoms with van der Waals surface area (Å²) in [5, 5.41) is 2.92. The van der Waals surface area contributed by atoms with Crippen LogP contribution < -0.4 is 10.2 Å². The average Bonchev–Trinajstić information content (AvgIpc) is 3.09. The number of hydrogen-bond acceptors (Lipinski definition) is 4. The van der Waals surface area contributed by atoms with Crippen molar-refractivity contribution in [2.24, 2.45) is 0 Å². The number of aromatic amines is 1. The third kappa shape index (κ3) is 3.66. The van der Waals surface area contributed by atoms with E-state index in [0.29, 0.717) is 31.6 Å². The van der Waals surface area contributed by atoms with Crippen molar-refractivity contribution < 1.29 is 18.0 Å². The topological polar surface area (TPSA) is 73.9 Å². The molecule has 24 heavy (non-hydrogen) atoms. The molecule has 2 N–H and O–H groups in total. The summed E-state index contributed by atoms with van der Waals surface area (Å²) in [5.74, 6) is 0.0753. The summed E-state index contributed by atoms with van der Waals surface area (Å²) in [4.78, 5) is 23.8. The van der Waals surface area contributed by atoms with E-state index < -0.39 is 11.9 Å². The van der Waals surface area contributed by atoms with Crippen molar-refractivity contribution >= 4 is 11.7 Å². The number of alkyl halides is 3. The molecule has 2 aromatic heterocycles. The van der Waals surface area contributed by atoms with Gasteiger partial charge in [0.15, 0.2) is 0 Å². The standard InChI is InChI=1S/C15H16F3N5O/c16-15(17,18)12-8-13(21-9-20-12)23-6-3-10(4-7-23)22-14(24)11-2-1-5-19-11/h1-2,5,8-10,19H,3-4,6-7H2,(H,22,24). The van der Waals surface area contributed by atoms with Crippen LogP contribution in [-0.4, -0.2) is 40.0 Å². The van der Waals surface area contributed by atoms with Gasteiger partial charge in [0.1, 0.15) is 23.5 Å². The summed E-state index contributed by atoms with van der Waals surface area (Å²) >= 11 is 0. The molecule has 0 radical (unpaired) electrons. The number of H-pyrrole nitrogens is 1. The SMILES string of the molecule is O=C(NC1CCN(c2cc(C(F)(F)F)ncn2)CC1)c1ccc[nH]1. The molecule has 0 spiro atoms. The van der Waals surface area contributed by atoms with Crippen LogP contribution in [0.5, 0.6) is 0 Å². The van der Waals surface area contributed by atoms with Crippen molar-refractivity contribution in [2.75, 3.05) is 18.0 Å². The minimum atomic E-state index is -4.49. The first-order valence-electron chi connectivity index (χ1n) is 7.52. The number of amides is 1. The minimum absolute atomic E-state index is 0.0130. The summed E-state index contributed by atoms with van der Waals surface area (Å²) < 4.78 is 38.1. The molecule has 3 rings (SSSR count). The van der Waals surface area contributed by atoms with Crippen LogP contribution in [0.3, 0.4) is 0 Å². The van der Waals surface area contributed by atoms with E-state index in [4.69, 9.17) is 0 Å². The lowest BCUT2D eigenvalue weighted by molar-refractivity contribution is -0.141. The van der Waals surface area contributed by atoms with Gasteiger partial charge < -0.3 is 15.2 Å². The van der Waals surface area contributed by atoms with Crippen LogP contribution in [0.2, 0.25) is 0 Å². The summed E-state index contributed by atoms with van der Waals surface area (Å²) in [6.07, 6.45) is -0.613. The van der Waals surface area contributed by atoms with Gasteiger partial charge in [-0.1, -0.05) is 0 Å². The average molecular weight is 339 g/mol. The first kappa shape index (κ1) is 16.3. The minimum Gasteiger partial charge on any atom is -0.357 e. The Hall–Kier alpha value is -2.58. The van der Waals surface area contributed by atoms with E-state index in [2.05, 4.69) is 20.3 Å². The Morgan fingerprint density at radius 3 is 2.67 bits per heavy atom. The first-order chi connectivity index (χ1) is 11.4. The number of piperidine rings is 1. The fraction of sp³-hybridized carbons (Fsp3) is 0.400. The van der Waals surface area contributed by atoms with Crippen molar-refractivity contribution in [1.29, 1.82) is 0 Å². The lowest BCUT2D eigenvalue weighted by Crippen LogP contribution is -2.45. The van der Waals surface area contributed by atoms with Crippen LogP contribution in [0.4, 0.5) is 19.0 Å². The van der Waals surface area contributed by atoms with E-state index in [1.165, 1.54) is 0 Å². The van der Waals surface area contributed by atoms with E-state index in [9.17, 15) is 18.0 Å². The summed E-state index contributed by atoms with van der Waals surface area (Å²) in [6, 6.07) is 4.37. The van der Waals surface area contributed by atoms with E-state index >= 15 is 0 Å².